The van der Waals surface area contributed by atoms with Crippen molar-refractivity contribution in [3.05, 3.63) is 91.5 Å². The van der Waals surface area contributed by atoms with E-state index in [4.69, 9.17) is 0 Å². The number of thiazole rings is 1. The van der Waals surface area contributed by atoms with Gasteiger partial charge in [-0.2, -0.15) is 14.6 Å². The van der Waals surface area contributed by atoms with Crippen molar-refractivity contribution in [3.63, 3.8) is 0 Å². The Balaban J connectivity index is 1.96. The topological polar surface area (TPSA) is 64.3 Å². The van der Waals surface area contributed by atoms with E-state index in [2.05, 4.69) is 10.1 Å². The van der Waals surface area contributed by atoms with Gasteiger partial charge in [0.2, 0.25) is 4.96 Å². The molecule has 2 aromatic heterocycles. The van der Waals surface area contributed by atoms with Crippen LogP contribution in [0.15, 0.2) is 70.3 Å². The zero-order valence-corrected chi connectivity index (χ0v) is 13.2. The molecule has 6 heteroatoms. The van der Waals surface area contributed by atoms with Crippen LogP contribution in [0.5, 0.6) is 0 Å². The third-order valence-electron chi connectivity index (χ3n) is 3.53. The summed E-state index contributed by atoms with van der Waals surface area (Å²) in [4.78, 5) is 29.1. The van der Waals surface area contributed by atoms with Crippen molar-refractivity contribution < 1.29 is 0 Å². The van der Waals surface area contributed by atoms with Crippen LogP contribution >= 0.6 is 11.3 Å². The van der Waals surface area contributed by atoms with Crippen molar-refractivity contribution in [1.29, 1.82) is 0 Å². The lowest BCUT2D eigenvalue weighted by Crippen LogP contribution is -2.26. The fraction of sp³-hybridized carbons (Fsp3) is 0. The Morgan fingerprint density at radius 2 is 1.58 bits per heavy atom. The van der Waals surface area contributed by atoms with E-state index in [1.165, 1.54) is 4.52 Å². The summed E-state index contributed by atoms with van der Waals surface area (Å²) in [6.45, 7) is 0. The molecule has 0 saturated heterocycles. The number of nitrogens with zero attached hydrogens (tertiary/aromatic N) is 3. The van der Waals surface area contributed by atoms with Crippen LogP contribution in [0.4, 0.5) is 0 Å². The Kier molecular flexibility index (Phi) is 3.51. The molecule has 0 radical (unpaired) electrons. The fourth-order valence-electron chi connectivity index (χ4n) is 2.39. The molecule has 0 N–H and O–H groups in total. The summed E-state index contributed by atoms with van der Waals surface area (Å²) < 4.78 is 1.69. The van der Waals surface area contributed by atoms with E-state index in [0.717, 1.165) is 16.9 Å². The standard InChI is InChI=1S/C18H11N3O2S/c22-16-15(13-9-5-2-6-10-13)20-21-17(23)14(24-18(21)19-16)11-12-7-3-1-4-8-12/h1-11H. The Labute approximate surface area is 140 Å². The largest absolute Gasteiger partial charge is 0.300 e. The highest BCUT2D eigenvalue weighted by Crippen LogP contribution is 2.11. The van der Waals surface area contributed by atoms with Gasteiger partial charge in [0.05, 0.1) is 4.53 Å². The number of hydrogen-bond acceptors (Lipinski definition) is 5. The van der Waals surface area contributed by atoms with E-state index in [1.807, 2.05) is 48.5 Å². The second-order valence-corrected chi connectivity index (χ2v) is 6.16. The highest BCUT2D eigenvalue weighted by molar-refractivity contribution is 7.15. The molecular weight excluding hydrogens is 322 g/mol. The van der Waals surface area contributed by atoms with Crippen LogP contribution in [0.1, 0.15) is 5.56 Å². The minimum atomic E-state index is -0.436. The van der Waals surface area contributed by atoms with E-state index >= 15 is 0 Å². The maximum absolute atomic E-state index is 12.6. The van der Waals surface area contributed by atoms with Gasteiger partial charge in [0.15, 0.2) is 5.69 Å². The monoisotopic (exact) mass is 333 g/mol. The van der Waals surface area contributed by atoms with Gasteiger partial charge in [-0.3, -0.25) is 9.59 Å². The van der Waals surface area contributed by atoms with Crippen LogP contribution in [-0.4, -0.2) is 14.6 Å². The molecular formula is C18H11N3O2S. The minimum Gasteiger partial charge on any atom is -0.266 e. The maximum atomic E-state index is 12.6. The molecule has 4 rings (SSSR count). The van der Waals surface area contributed by atoms with Gasteiger partial charge in [-0.15, -0.1) is 0 Å². The third-order valence-corrected chi connectivity index (χ3v) is 4.49. The SMILES string of the molecule is O=c1nc2sc(=Cc3ccccc3)c(=O)n2nc1-c1ccccc1. The number of fused-ring (bicyclic) bond motifs is 1. The van der Waals surface area contributed by atoms with Gasteiger partial charge in [-0.25, -0.2) is 0 Å². The summed E-state index contributed by atoms with van der Waals surface area (Å²) in [6, 6.07) is 18.5. The summed E-state index contributed by atoms with van der Waals surface area (Å²) in [5.74, 6) is 0. The fourth-order valence-corrected chi connectivity index (χ4v) is 3.29. The van der Waals surface area contributed by atoms with E-state index in [0.29, 0.717) is 15.1 Å². The molecule has 0 atom stereocenters. The molecule has 4 aromatic rings. The zero-order valence-electron chi connectivity index (χ0n) is 12.4. The van der Waals surface area contributed by atoms with Crippen molar-refractivity contribution in [2.24, 2.45) is 0 Å². The summed E-state index contributed by atoms with van der Waals surface area (Å²) in [5, 5.41) is 4.23. The van der Waals surface area contributed by atoms with Crippen molar-refractivity contribution >= 4 is 22.4 Å². The smallest absolute Gasteiger partial charge is 0.266 e. The van der Waals surface area contributed by atoms with Crippen LogP contribution in [0.25, 0.3) is 22.3 Å². The third kappa shape index (κ3) is 2.53. The Bertz CT molecular complexity index is 1180. The molecule has 0 aliphatic rings. The summed E-state index contributed by atoms with van der Waals surface area (Å²) in [6.07, 6.45) is 1.77. The van der Waals surface area contributed by atoms with Crippen LogP contribution in [-0.2, 0) is 0 Å². The molecule has 2 heterocycles. The lowest BCUT2D eigenvalue weighted by Gasteiger charge is -1.98. The summed E-state index contributed by atoms with van der Waals surface area (Å²) in [5.41, 5.74) is 1.02. The summed E-state index contributed by atoms with van der Waals surface area (Å²) >= 11 is 1.16. The quantitative estimate of drug-likeness (QED) is 0.560. The Hall–Kier alpha value is -3.12. The van der Waals surface area contributed by atoms with Crippen LogP contribution < -0.4 is 15.7 Å². The molecule has 0 saturated carbocycles. The molecule has 0 amide bonds. The van der Waals surface area contributed by atoms with Crippen molar-refractivity contribution in [3.8, 4) is 11.3 Å². The lowest BCUT2D eigenvalue weighted by molar-refractivity contribution is 0.873. The predicted octanol–water partition coefficient (Wildman–Crippen LogP) is 1.73. The number of benzene rings is 2. The van der Waals surface area contributed by atoms with Gasteiger partial charge in [0.25, 0.3) is 5.56 Å². The van der Waals surface area contributed by atoms with Gasteiger partial charge in [0.1, 0.15) is 0 Å². The highest BCUT2D eigenvalue weighted by atomic mass is 32.1. The minimum absolute atomic E-state index is 0.175. The maximum Gasteiger partial charge on any atom is 0.300 e. The average Bonchev–Trinajstić information content (AvgIpc) is 2.91. The normalized spacial score (nSPS) is 11.9. The van der Waals surface area contributed by atoms with Gasteiger partial charge in [0, 0.05) is 5.56 Å². The van der Waals surface area contributed by atoms with Gasteiger partial charge in [-0.1, -0.05) is 72.0 Å². The van der Waals surface area contributed by atoms with Crippen molar-refractivity contribution in [2.75, 3.05) is 0 Å². The van der Waals surface area contributed by atoms with Crippen molar-refractivity contribution in [2.45, 2.75) is 0 Å². The van der Waals surface area contributed by atoms with Crippen LogP contribution in [0.3, 0.4) is 0 Å². The molecule has 0 bridgehead atoms. The molecule has 0 unspecified atom stereocenters. The predicted molar refractivity (Wildman–Crippen MR) is 94.1 cm³/mol. The molecule has 0 aliphatic heterocycles. The second-order valence-electron chi connectivity index (χ2n) is 5.15. The number of rotatable bonds is 2. The van der Waals surface area contributed by atoms with Gasteiger partial charge in [-0.05, 0) is 11.6 Å². The van der Waals surface area contributed by atoms with Crippen LogP contribution in [0, 0.1) is 0 Å². The van der Waals surface area contributed by atoms with Gasteiger partial charge >= 0.3 is 5.56 Å². The first-order valence-corrected chi connectivity index (χ1v) is 8.10. The average molecular weight is 333 g/mol. The second kappa shape index (κ2) is 5.82. The van der Waals surface area contributed by atoms with Crippen molar-refractivity contribution in [1.82, 2.24) is 14.6 Å². The van der Waals surface area contributed by atoms with Crippen LogP contribution in [0.2, 0.25) is 0 Å². The molecule has 2 aromatic carbocycles. The number of hydrogen-bond donors (Lipinski definition) is 0. The molecule has 24 heavy (non-hydrogen) atoms. The van der Waals surface area contributed by atoms with E-state index < -0.39 is 5.56 Å². The zero-order chi connectivity index (χ0) is 16.5. The first kappa shape index (κ1) is 14.5. The highest BCUT2D eigenvalue weighted by Gasteiger charge is 2.12. The Morgan fingerprint density at radius 1 is 0.917 bits per heavy atom. The Morgan fingerprint density at radius 3 is 2.29 bits per heavy atom. The molecule has 116 valence electrons. The van der Waals surface area contributed by atoms with Gasteiger partial charge < -0.3 is 0 Å². The van der Waals surface area contributed by atoms with E-state index in [9.17, 15) is 9.59 Å². The summed E-state index contributed by atoms with van der Waals surface area (Å²) in [7, 11) is 0. The first-order chi connectivity index (χ1) is 11.7. The molecule has 5 nitrogen and oxygen atoms in total. The molecule has 0 fully saturated rings. The first-order valence-electron chi connectivity index (χ1n) is 7.28. The van der Waals surface area contributed by atoms with E-state index in [-0.39, 0.29) is 11.3 Å². The number of aromatic nitrogens is 3. The lowest BCUT2D eigenvalue weighted by atomic mass is 10.2. The molecule has 0 aliphatic carbocycles. The molecule has 0 spiro atoms. The van der Waals surface area contributed by atoms with E-state index in [1.54, 1.807) is 18.2 Å².